The second-order valence-electron chi connectivity index (χ2n) is 7.40. The minimum Gasteiger partial charge on any atom is -0.0579 e. The van der Waals surface area contributed by atoms with Crippen LogP contribution in [0, 0.1) is 12.1 Å². The van der Waals surface area contributed by atoms with Crippen LogP contribution in [0.25, 0.3) is 0 Å². The van der Waals surface area contributed by atoms with Gasteiger partial charge >= 0.3 is 0 Å². The first kappa shape index (κ1) is 16.5. The Hall–Kier alpha value is -2.34. The molecule has 0 fully saturated rings. The maximum absolute atomic E-state index is 3.10. The molecule has 0 aliphatic heterocycles. The molecule has 0 nitrogen and oxygen atoms in total. The number of benzene rings is 3. The summed E-state index contributed by atoms with van der Waals surface area (Å²) in [6.45, 7) is 9.09. The molecule has 3 aromatic carbocycles. The van der Waals surface area contributed by atoms with E-state index >= 15 is 0 Å². The fraction of sp³-hybridized carbons (Fsp3) is 0.250. The molecule has 120 valence electrons. The van der Waals surface area contributed by atoms with Crippen LogP contribution in [0.2, 0.25) is 0 Å². The third-order valence-electron chi connectivity index (χ3n) is 5.21. The van der Waals surface area contributed by atoms with Gasteiger partial charge in [0.05, 0.1) is 0 Å². The summed E-state index contributed by atoms with van der Waals surface area (Å²) in [6.07, 6.45) is 0. The van der Waals surface area contributed by atoms with Crippen molar-refractivity contribution < 1.29 is 0 Å². The Morgan fingerprint density at radius 1 is 0.458 bits per heavy atom. The zero-order chi connectivity index (χ0) is 17.2. The normalized spacial score (nSPS) is 12.2. The summed E-state index contributed by atoms with van der Waals surface area (Å²) in [7, 11) is 0. The van der Waals surface area contributed by atoms with E-state index in [-0.39, 0.29) is 10.8 Å². The van der Waals surface area contributed by atoms with Crippen molar-refractivity contribution in [2.24, 2.45) is 0 Å². The van der Waals surface area contributed by atoms with E-state index < -0.39 is 0 Å². The van der Waals surface area contributed by atoms with Gasteiger partial charge in [0, 0.05) is 10.8 Å². The Kier molecular flexibility index (Phi) is 4.32. The summed E-state index contributed by atoms with van der Waals surface area (Å²) in [5.74, 6) is 0. The monoisotopic (exact) mass is 312 g/mol. The van der Waals surface area contributed by atoms with Gasteiger partial charge in [-0.25, -0.2) is 0 Å². The van der Waals surface area contributed by atoms with Crippen LogP contribution in [0.4, 0.5) is 0 Å². The molecular weight excluding hydrogens is 288 g/mol. The van der Waals surface area contributed by atoms with E-state index in [0.717, 1.165) is 0 Å². The van der Waals surface area contributed by atoms with Crippen LogP contribution in [0.15, 0.2) is 72.8 Å². The largest absolute Gasteiger partial charge is 0.0579 e. The summed E-state index contributed by atoms with van der Waals surface area (Å²) in [5, 5.41) is 0. The van der Waals surface area contributed by atoms with Crippen LogP contribution in [-0.4, -0.2) is 0 Å². The first-order valence-corrected chi connectivity index (χ1v) is 8.46. The Balaban J connectivity index is 1.94. The summed E-state index contributed by atoms with van der Waals surface area (Å²) in [4.78, 5) is 0. The lowest BCUT2D eigenvalue weighted by Gasteiger charge is -2.29. The molecule has 0 amide bonds. The zero-order valence-corrected chi connectivity index (χ0v) is 14.9. The number of hydrogen-bond donors (Lipinski definition) is 0. The SMILES string of the molecule is CC(C)(c1cc[c]cc1)c1ccc(C(C)(C)c2cc[c]cc2)cc1. The Morgan fingerprint density at radius 2 is 0.708 bits per heavy atom. The van der Waals surface area contributed by atoms with E-state index in [4.69, 9.17) is 0 Å². The highest BCUT2D eigenvalue weighted by atomic mass is 14.3. The molecule has 0 aliphatic rings. The molecule has 0 heteroatoms. The first-order chi connectivity index (χ1) is 11.4. The molecule has 0 aliphatic carbocycles. The molecule has 2 radical (unpaired) electrons. The van der Waals surface area contributed by atoms with E-state index in [1.807, 2.05) is 24.3 Å². The maximum Gasteiger partial charge on any atom is 0.0146 e. The van der Waals surface area contributed by atoms with Crippen LogP contribution in [0.3, 0.4) is 0 Å². The highest BCUT2D eigenvalue weighted by Crippen LogP contribution is 2.35. The second-order valence-corrected chi connectivity index (χ2v) is 7.40. The van der Waals surface area contributed by atoms with Crippen LogP contribution in [0.1, 0.15) is 49.9 Å². The van der Waals surface area contributed by atoms with Gasteiger partial charge in [-0.3, -0.25) is 0 Å². The van der Waals surface area contributed by atoms with Gasteiger partial charge in [-0.05, 0) is 34.4 Å². The van der Waals surface area contributed by atoms with E-state index in [0.29, 0.717) is 0 Å². The van der Waals surface area contributed by atoms with Gasteiger partial charge in [-0.15, -0.1) is 0 Å². The predicted octanol–water partition coefficient (Wildman–Crippen LogP) is 5.94. The minimum atomic E-state index is -0.0144. The van der Waals surface area contributed by atoms with E-state index in [1.54, 1.807) is 0 Å². The minimum absolute atomic E-state index is 0.0144. The molecule has 0 N–H and O–H groups in total. The second kappa shape index (κ2) is 6.28. The van der Waals surface area contributed by atoms with Gasteiger partial charge in [0.2, 0.25) is 0 Å². The van der Waals surface area contributed by atoms with E-state index in [9.17, 15) is 0 Å². The van der Waals surface area contributed by atoms with Crippen molar-refractivity contribution in [1.82, 2.24) is 0 Å². The molecule has 0 saturated carbocycles. The average Bonchev–Trinajstić information content (AvgIpc) is 2.63. The van der Waals surface area contributed by atoms with Gasteiger partial charge in [0.25, 0.3) is 0 Å². The van der Waals surface area contributed by atoms with Gasteiger partial charge in [-0.1, -0.05) is 100 Å². The van der Waals surface area contributed by atoms with Crippen LogP contribution in [0.5, 0.6) is 0 Å². The highest BCUT2D eigenvalue weighted by Gasteiger charge is 2.26. The van der Waals surface area contributed by atoms with Crippen molar-refractivity contribution >= 4 is 0 Å². The molecule has 3 aromatic rings. The lowest BCUT2D eigenvalue weighted by molar-refractivity contribution is 0.626. The number of hydrogen-bond acceptors (Lipinski definition) is 0. The standard InChI is InChI=1S/C24H24/c1-23(2,19-11-7-5-8-12-19)21-15-17-22(18-16-21)24(3,4)20-13-9-6-10-14-20/h7-18H,1-4H3. The van der Waals surface area contributed by atoms with Crippen molar-refractivity contribution in [3.05, 3.63) is 107 Å². The fourth-order valence-electron chi connectivity index (χ4n) is 3.24. The predicted molar refractivity (Wildman–Crippen MR) is 101 cm³/mol. The molecule has 0 aromatic heterocycles. The summed E-state index contributed by atoms with van der Waals surface area (Å²) in [5.41, 5.74) is 5.25. The molecule has 24 heavy (non-hydrogen) atoms. The van der Waals surface area contributed by atoms with Crippen molar-refractivity contribution in [1.29, 1.82) is 0 Å². The first-order valence-electron chi connectivity index (χ1n) is 8.46. The summed E-state index contributed by atoms with van der Waals surface area (Å²) in [6, 6.07) is 31.8. The van der Waals surface area contributed by atoms with Gasteiger partial charge in [0.15, 0.2) is 0 Å². The Labute approximate surface area is 146 Å². The van der Waals surface area contributed by atoms with Gasteiger partial charge < -0.3 is 0 Å². The molecular formula is C24H24. The fourth-order valence-corrected chi connectivity index (χ4v) is 3.24. The molecule has 3 rings (SSSR count). The Bertz CT molecular complexity index is 708. The molecule has 0 unspecified atom stereocenters. The molecule has 0 saturated heterocycles. The van der Waals surface area contributed by atoms with Crippen molar-refractivity contribution in [2.45, 2.75) is 38.5 Å². The van der Waals surface area contributed by atoms with Gasteiger partial charge in [-0.2, -0.15) is 0 Å². The third-order valence-corrected chi connectivity index (χ3v) is 5.21. The van der Waals surface area contributed by atoms with Crippen molar-refractivity contribution in [3.8, 4) is 0 Å². The average molecular weight is 312 g/mol. The Morgan fingerprint density at radius 3 is 1.00 bits per heavy atom. The molecule has 0 bridgehead atoms. The molecule has 0 heterocycles. The topological polar surface area (TPSA) is 0 Å². The maximum atomic E-state index is 3.10. The zero-order valence-electron chi connectivity index (χ0n) is 14.9. The molecule has 0 spiro atoms. The van der Waals surface area contributed by atoms with E-state index in [2.05, 4.69) is 88.4 Å². The van der Waals surface area contributed by atoms with Crippen LogP contribution in [-0.2, 0) is 10.8 Å². The lowest BCUT2D eigenvalue weighted by Crippen LogP contribution is -2.21. The van der Waals surface area contributed by atoms with E-state index in [1.165, 1.54) is 22.3 Å². The quantitative estimate of drug-likeness (QED) is 0.559. The number of rotatable bonds is 4. The van der Waals surface area contributed by atoms with Crippen molar-refractivity contribution in [2.75, 3.05) is 0 Å². The highest BCUT2D eigenvalue weighted by molar-refractivity contribution is 5.42. The van der Waals surface area contributed by atoms with Crippen LogP contribution >= 0.6 is 0 Å². The van der Waals surface area contributed by atoms with Crippen LogP contribution < -0.4 is 0 Å². The molecule has 0 atom stereocenters. The van der Waals surface area contributed by atoms with Gasteiger partial charge in [0.1, 0.15) is 0 Å². The summed E-state index contributed by atoms with van der Waals surface area (Å²) >= 11 is 0. The smallest absolute Gasteiger partial charge is 0.0146 e. The summed E-state index contributed by atoms with van der Waals surface area (Å²) < 4.78 is 0. The third kappa shape index (κ3) is 3.01. The van der Waals surface area contributed by atoms with Crippen molar-refractivity contribution in [3.63, 3.8) is 0 Å². The lowest BCUT2D eigenvalue weighted by atomic mass is 9.75.